The van der Waals surface area contributed by atoms with Gasteiger partial charge < -0.3 is 19.8 Å². The third-order valence-electron chi connectivity index (χ3n) is 5.47. The predicted octanol–water partition coefficient (Wildman–Crippen LogP) is 6.09. The van der Waals surface area contributed by atoms with Crippen LogP contribution in [0.4, 0.5) is 0 Å². The third kappa shape index (κ3) is 40.4. The van der Waals surface area contributed by atoms with Crippen molar-refractivity contribution in [3.63, 3.8) is 0 Å². The summed E-state index contributed by atoms with van der Waals surface area (Å²) in [6, 6.07) is 0. The summed E-state index contributed by atoms with van der Waals surface area (Å²) >= 11 is 0. The Morgan fingerprint density at radius 2 is 0.613 bits per heavy atom. The number of rotatable bonds is 22. The van der Waals surface area contributed by atoms with E-state index >= 15 is 0 Å². The van der Waals surface area contributed by atoms with Crippen molar-refractivity contribution in [1.29, 1.82) is 0 Å². The Morgan fingerprint density at radius 1 is 0.419 bits per heavy atom. The molecule has 4 nitrogen and oxygen atoms in total. The Balaban J connectivity index is -0.000000490. The van der Waals surface area contributed by atoms with Gasteiger partial charge in [-0.1, -0.05) is 129 Å². The van der Waals surface area contributed by atoms with E-state index in [-0.39, 0.29) is 29.6 Å². The smallest absolute Gasteiger partial charge is 0.550 e. The Bertz CT molecular complexity index is 327. The summed E-state index contributed by atoms with van der Waals surface area (Å²) in [5, 5.41) is 20.2. The molecule has 5 heteroatoms. The second-order valence-electron chi connectivity index (χ2n) is 8.61. The summed E-state index contributed by atoms with van der Waals surface area (Å²) in [5.41, 5.74) is 0. The molecule has 0 aliphatic rings. The summed E-state index contributed by atoms with van der Waals surface area (Å²) in [7, 11) is 0. The van der Waals surface area contributed by atoms with E-state index in [2.05, 4.69) is 13.8 Å². The quantitative estimate of drug-likeness (QED) is 0.174. The van der Waals surface area contributed by atoms with E-state index in [1.165, 1.54) is 103 Å². The van der Waals surface area contributed by atoms with Crippen LogP contribution >= 0.6 is 0 Å². The van der Waals surface area contributed by atoms with Crippen LogP contribution < -0.4 is 10.2 Å². The maximum Gasteiger partial charge on any atom is 2.00 e. The van der Waals surface area contributed by atoms with Crippen molar-refractivity contribution in [3.05, 3.63) is 0 Å². The molecule has 0 saturated heterocycles. The second-order valence-corrected chi connectivity index (χ2v) is 8.61. The van der Waals surface area contributed by atoms with E-state index in [4.69, 9.17) is 0 Å². The molecule has 0 saturated carbocycles. The summed E-state index contributed by atoms with van der Waals surface area (Å²) in [5.74, 6) is -1.82. The van der Waals surface area contributed by atoms with Gasteiger partial charge in [-0.05, 0) is 25.7 Å². The molecule has 0 atom stereocenters. The Labute approximate surface area is 203 Å². The summed E-state index contributed by atoms with van der Waals surface area (Å²) in [6.45, 7) is 4.47. The number of hydrogen-bond donors (Lipinski definition) is 0. The van der Waals surface area contributed by atoms with Crippen LogP contribution in [0.5, 0.6) is 0 Å². The van der Waals surface area contributed by atoms with Gasteiger partial charge in [0.25, 0.3) is 0 Å². The third-order valence-corrected chi connectivity index (χ3v) is 5.47. The molecule has 0 aliphatic carbocycles. The average molecular weight is 486 g/mol. The van der Waals surface area contributed by atoms with Gasteiger partial charge in [0.2, 0.25) is 0 Å². The minimum absolute atomic E-state index is 0. The van der Waals surface area contributed by atoms with Gasteiger partial charge in [0.1, 0.15) is 0 Å². The van der Waals surface area contributed by atoms with Gasteiger partial charge in [0.15, 0.2) is 0 Å². The SMILES string of the molecule is CCCCCCCCCCCCC(=O)[O-].CCCCCCCCCCCCC(=O)[O-].[Co+2]. The monoisotopic (exact) mass is 485 g/mol. The minimum Gasteiger partial charge on any atom is -0.550 e. The van der Waals surface area contributed by atoms with Gasteiger partial charge in [-0.25, -0.2) is 0 Å². The van der Waals surface area contributed by atoms with Gasteiger partial charge in [-0.2, -0.15) is 0 Å². The van der Waals surface area contributed by atoms with Crippen molar-refractivity contribution in [2.75, 3.05) is 0 Å². The van der Waals surface area contributed by atoms with Crippen molar-refractivity contribution < 1.29 is 36.6 Å². The maximum atomic E-state index is 10.1. The number of aliphatic carboxylic acids is 2. The molecular formula is C26H50CoO4. The second kappa shape index (κ2) is 31.6. The molecule has 0 spiro atoms. The largest absolute Gasteiger partial charge is 2.00 e. The van der Waals surface area contributed by atoms with Crippen molar-refractivity contribution >= 4 is 11.9 Å². The van der Waals surface area contributed by atoms with E-state index < -0.39 is 11.9 Å². The molecule has 0 aromatic heterocycles. The molecule has 0 aromatic rings. The van der Waals surface area contributed by atoms with E-state index in [1.54, 1.807) is 0 Å². The molecule has 0 amide bonds. The van der Waals surface area contributed by atoms with Crippen LogP contribution in [0.25, 0.3) is 0 Å². The van der Waals surface area contributed by atoms with E-state index in [9.17, 15) is 19.8 Å². The van der Waals surface area contributed by atoms with Crippen molar-refractivity contribution in [2.45, 2.75) is 155 Å². The summed E-state index contributed by atoms with van der Waals surface area (Å²) in [4.78, 5) is 20.2. The topological polar surface area (TPSA) is 80.3 Å². The molecule has 0 aliphatic heterocycles. The first-order valence-electron chi connectivity index (χ1n) is 12.9. The molecule has 0 bridgehead atoms. The van der Waals surface area contributed by atoms with Gasteiger partial charge in [-0.3, -0.25) is 0 Å². The zero-order valence-electron chi connectivity index (χ0n) is 20.5. The first-order valence-corrected chi connectivity index (χ1v) is 12.9. The molecule has 31 heavy (non-hydrogen) atoms. The molecule has 0 unspecified atom stereocenters. The van der Waals surface area contributed by atoms with E-state index in [0.29, 0.717) is 0 Å². The van der Waals surface area contributed by atoms with Crippen LogP contribution in [-0.2, 0) is 26.4 Å². The number of carboxylic acids is 2. The van der Waals surface area contributed by atoms with Crippen molar-refractivity contribution in [2.24, 2.45) is 0 Å². The predicted molar refractivity (Wildman–Crippen MR) is 123 cm³/mol. The molecule has 0 heterocycles. The van der Waals surface area contributed by atoms with Crippen LogP contribution in [0, 0.1) is 0 Å². The molecule has 0 fully saturated rings. The summed E-state index contributed by atoms with van der Waals surface area (Å²) < 4.78 is 0. The van der Waals surface area contributed by atoms with Crippen LogP contribution in [-0.4, -0.2) is 11.9 Å². The number of carbonyl (C=O) groups excluding carboxylic acids is 2. The fourth-order valence-corrected chi connectivity index (χ4v) is 3.51. The maximum absolute atomic E-state index is 10.1. The van der Waals surface area contributed by atoms with Gasteiger partial charge in [-0.15, -0.1) is 0 Å². The minimum atomic E-state index is -0.908. The standard InChI is InChI=1S/2C13H26O2.Co/c2*1-2-3-4-5-6-7-8-9-10-11-12-13(14)15;/h2*2-12H2,1H3,(H,14,15);/q;;+2/p-2. The van der Waals surface area contributed by atoms with Crippen LogP contribution in [0.3, 0.4) is 0 Å². The van der Waals surface area contributed by atoms with Crippen molar-refractivity contribution in [1.82, 2.24) is 0 Å². The molecule has 0 N–H and O–H groups in total. The van der Waals surface area contributed by atoms with Gasteiger partial charge in [0, 0.05) is 11.9 Å². The number of unbranched alkanes of at least 4 members (excludes halogenated alkanes) is 18. The first kappa shape index (κ1) is 35.0. The van der Waals surface area contributed by atoms with Crippen LogP contribution in [0.1, 0.15) is 155 Å². The number of carbonyl (C=O) groups is 2. The number of hydrogen-bond acceptors (Lipinski definition) is 4. The van der Waals surface area contributed by atoms with Crippen LogP contribution in [0.15, 0.2) is 0 Å². The Kier molecular flexibility index (Phi) is 35.8. The normalized spacial score (nSPS) is 10.1. The fraction of sp³-hybridized carbons (Fsp3) is 0.923. The Hall–Kier alpha value is -0.554. The average Bonchev–Trinajstić information content (AvgIpc) is 2.71. The van der Waals surface area contributed by atoms with Gasteiger partial charge in [0.05, 0.1) is 0 Å². The Morgan fingerprint density at radius 3 is 0.806 bits per heavy atom. The molecule has 1 radical (unpaired) electrons. The van der Waals surface area contributed by atoms with Crippen LogP contribution in [0.2, 0.25) is 0 Å². The molecule has 0 aromatic carbocycles. The van der Waals surface area contributed by atoms with Crippen molar-refractivity contribution in [3.8, 4) is 0 Å². The molecule has 0 rings (SSSR count). The molecule has 187 valence electrons. The van der Waals surface area contributed by atoms with Gasteiger partial charge >= 0.3 is 16.8 Å². The van der Waals surface area contributed by atoms with E-state index in [0.717, 1.165) is 25.7 Å². The first-order chi connectivity index (χ1) is 14.5. The van der Waals surface area contributed by atoms with E-state index in [1.807, 2.05) is 0 Å². The number of carboxylic acid groups (broad SMARTS) is 2. The zero-order valence-corrected chi connectivity index (χ0v) is 21.6. The summed E-state index contributed by atoms with van der Waals surface area (Å²) in [6.07, 6.45) is 25.2. The molecular weight excluding hydrogens is 435 g/mol. The zero-order chi connectivity index (χ0) is 22.7. The fourth-order valence-electron chi connectivity index (χ4n) is 3.51.